The fourth-order valence-electron chi connectivity index (χ4n) is 5.99. The summed E-state index contributed by atoms with van der Waals surface area (Å²) in [6.07, 6.45) is 0.765. The molecule has 0 radical (unpaired) electrons. The first-order chi connectivity index (χ1) is 22.6. The summed E-state index contributed by atoms with van der Waals surface area (Å²) >= 11 is 0. The van der Waals surface area contributed by atoms with Gasteiger partial charge in [-0.15, -0.1) is 4.83 Å². The highest BCUT2D eigenvalue weighted by atomic mass is 32.2. The number of anilines is 4. The number of benzene rings is 1. The first-order valence-corrected chi connectivity index (χ1v) is 19.0. The van der Waals surface area contributed by atoms with Crippen LogP contribution in [0.15, 0.2) is 30.3 Å². The van der Waals surface area contributed by atoms with Crippen LogP contribution in [0.3, 0.4) is 0 Å². The van der Waals surface area contributed by atoms with Crippen LogP contribution in [-0.4, -0.2) is 96.8 Å². The van der Waals surface area contributed by atoms with Gasteiger partial charge in [0, 0.05) is 7.05 Å². The number of fused-ring (bicyclic) bond motifs is 1. The van der Waals surface area contributed by atoms with Gasteiger partial charge in [0.05, 0.1) is 19.5 Å². The third-order valence-corrected chi connectivity index (χ3v) is 11.1. The number of rotatable bonds is 13. The van der Waals surface area contributed by atoms with Crippen molar-refractivity contribution in [2.45, 2.75) is 81.1 Å². The van der Waals surface area contributed by atoms with Crippen LogP contribution in [0.25, 0.3) is 0 Å². The van der Waals surface area contributed by atoms with Crippen LogP contribution >= 0.6 is 7.75 Å². The number of sulfonamides is 1. The fourth-order valence-corrected chi connectivity index (χ4v) is 8.32. The second-order valence-corrected chi connectivity index (χ2v) is 16.1. The predicted molar refractivity (Wildman–Crippen MR) is 173 cm³/mol. The average Bonchev–Trinajstić information content (AvgIpc) is 3.48. The summed E-state index contributed by atoms with van der Waals surface area (Å²) < 4.78 is 61.6. The number of nitrogens with one attached hydrogen (secondary N) is 3. The fraction of sp³-hybridized carbons (Fsp3) is 0.607. The molecular formula is C28H41N8O10PS. The molecule has 264 valence electrons. The number of hydrogen-bond donors (Lipinski definition) is 6. The molecule has 20 heteroatoms. The van der Waals surface area contributed by atoms with Gasteiger partial charge in [-0.3, -0.25) is 14.3 Å². The van der Waals surface area contributed by atoms with E-state index < -0.39 is 59.9 Å². The van der Waals surface area contributed by atoms with Crippen LogP contribution in [0, 0.1) is 0 Å². The normalized spacial score (nSPS) is 27.6. The van der Waals surface area contributed by atoms with E-state index in [4.69, 9.17) is 24.3 Å². The van der Waals surface area contributed by atoms with E-state index in [1.165, 1.54) is 18.9 Å². The Morgan fingerprint density at radius 3 is 2.56 bits per heavy atom. The number of aliphatic hydroxyl groups is 2. The Hall–Kier alpha value is -3.29. The number of para-hydroxylation sites is 1. The highest BCUT2D eigenvalue weighted by Crippen LogP contribution is 2.52. The van der Waals surface area contributed by atoms with Crippen molar-refractivity contribution in [3.05, 3.63) is 30.3 Å². The minimum absolute atomic E-state index is 0.0110. The van der Waals surface area contributed by atoms with E-state index in [-0.39, 0.29) is 36.1 Å². The monoisotopic (exact) mass is 712 g/mol. The maximum absolute atomic E-state index is 14.4. The van der Waals surface area contributed by atoms with Crippen LogP contribution < -0.4 is 35.4 Å². The van der Waals surface area contributed by atoms with E-state index in [2.05, 4.69) is 25.2 Å². The van der Waals surface area contributed by atoms with Gasteiger partial charge >= 0.3 is 13.7 Å². The molecule has 18 nitrogen and oxygen atoms in total. The first kappa shape index (κ1) is 34.6. The number of hydrazine groups is 1. The molecule has 0 amide bonds. The molecule has 1 aromatic heterocycles. The molecule has 7 N–H and O–H groups in total. The number of nitrogens with two attached hydrogens (primary N) is 1. The molecule has 48 heavy (non-hydrogen) atoms. The lowest BCUT2D eigenvalue weighted by molar-refractivity contribution is -0.164. The van der Waals surface area contributed by atoms with E-state index in [1.807, 2.05) is 0 Å². The Balaban J connectivity index is 1.21. The van der Waals surface area contributed by atoms with Crippen LogP contribution in [0.2, 0.25) is 0 Å². The summed E-state index contributed by atoms with van der Waals surface area (Å²) in [5, 5.41) is 29.8. The van der Waals surface area contributed by atoms with Gasteiger partial charge in [-0.25, -0.2) is 13.0 Å². The predicted octanol–water partition coefficient (Wildman–Crippen LogP) is 0.797. The SMILES string of the molecule is CN(NS(C)(=O)=O)c1nc(N)nc2c1NCN2[C@@H]1OC(COP(=O)(NC2(C(=O)OC3CCC3)CCC2)Oc2ccccc2)[C@@H](O)[C@@]1(C)O. The zero-order chi connectivity index (χ0) is 34.5. The van der Waals surface area contributed by atoms with Gasteiger partial charge in [0.25, 0.3) is 0 Å². The number of carbonyl (C=O) groups is 1. The standard InChI is InChI=1S/C28H41N8O10PS/c1-27(39)21(37)19(45-24(27)36-16-30-20-22(31-26(29)32-23(20)36)35(2)34-48(3,41)42)15-43-47(40,46-18-9-5-4-6-10-18)33-28(13-8-14-28)25(38)44-17-11-7-12-17/h4-6,9-10,17,19,21,24,30,34,37,39H,7-8,11-16H2,1-3H3,(H,33,40)(H2,29,31,32)/t19?,21-,24-,27-,47?/m1/s1. The largest absolute Gasteiger partial charge is 0.461 e. The number of aromatic nitrogens is 2. The van der Waals surface area contributed by atoms with Gasteiger partial charge < -0.3 is 40.2 Å². The minimum Gasteiger partial charge on any atom is -0.461 e. The summed E-state index contributed by atoms with van der Waals surface area (Å²) in [7, 11) is -6.56. The van der Waals surface area contributed by atoms with E-state index in [0.717, 1.165) is 30.5 Å². The quantitative estimate of drug-likeness (QED) is 0.0956. The molecule has 2 saturated carbocycles. The summed E-state index contributed by atoms with van der Waals surface area (Å²) in [4.78, 5) is 25.4. The van der Waals surface area contributed by atoms with Crippen molar-refractivity contribution in [3.8, 4) is 5.75 Å². The third kappa shape index (κ3) is 6.91. The second kappa shape index (κ2) is 12.9. The number of nitrogens with zero attached hydrogens (tertiary/aromatic N) is 4. The second-order valence-electron chi connectivity index (χ2n) is 12.7. The van der Waals surface area contributed by atoms with Crippen LogP contribution in [0.1, 0.15) is 45.4 Å². The molecule has 2 aromatic rings. The van der Waals surface area contributed by atoms with Crippen molar-refractivity contribution in [1.82, 2.24) is 19.9 Å². The van der Waals surface area contributed by atoms with Crippen LogP contribution in [0.4, 0.5) is 23.3 Å². The molecule has 2 aliphatic heterocycles. The lowest BCUT2D eigenvalue weighted by Crippen LogP contribution is -2.58. The van der Waals surface area contributed by atoms with Gasteiger partial charge in [0.2, 0.25) is 16.0 Å². The Morgan fingerprint density at radius 1 is 1.25 bits per heavy atom. The highest BCUT2D eigenvalue weighted by molar-refractivity contribution is 7.88. The van der Waals surface area contributed by atoms with Gasteiger partial charge in [-0.05, 0) is 57.6 Å². The molecule has 0 bridgehead atoms. The lowest BCUT2D eigenvalue weighted by Gasteiger charge is -2.42. The zero-order valence-corrected chi connectivity index (χ0v) is 28.4. The van der Waals surface area contributed by atoms with E-state index in [9.17, 15) is 28.0 Å². The van der Waals surface area contributed by atoms with Crippen molar-refractivity contribution in [1.29, 1.82) is 0 Å². The number of nitrogen functional groups attached to an aromatic ring is 1. The Labute approximate surface area is 277 Å². The molecule has 5 atom stereocenters. The minimum atomic E-state index is -4.32. The zero-order valence-electron chi connectivity index (χ0n) is 26.7. The Morgan fingerprint density at radius 2 is 1.96 bits per heavy atom. The molecule has 3 heterocycles. The number of ether oxygens (including phenoxy) is 2. The van der Waals surface area contributed by atoms with Crippen molar-refractivity contribution in [3.63, 3.8) is 0 Å². The number of aliphatic hydroxyl groups excluding tert-OH is 1. The summed E-state index contributed by atoms with van der Waals surface area (Å²) in [5.74, 6) is -0.207. The number of hydrogen-bond acceptors (Lipinski definition) is 16. The molecule has 1 aromatic carbocycles. The van der Waals surface area contributed by atoms with Crippen LogP contribution in [0.5, 0.6) is 5.75 Å². The molecule has 2 unspecified atom stereocenters. The summed E-state index contributed by atoms with van der Waals surface area (Å²) in [5.41, 5.74) is 3.06. The van der Waals surface area contributed by atoms with Gasteiger partial charge in [0.15, 0.2) is 17.9 Å². The topological polar surface area (TPSA) is 240 Å². The van der Waals surface area contributed by atoms with Crippen molar-refractivity contribution >= 4 is 47.0 Å². The first-order valence-electron chi connectivity index (χ1n) is 15.5. The molecule has 1 saturated heterocycles. The smallest absolute Gasteiger partial charge is 0.459 e. The number of carbonyl (C=O) groups excluding carboxylic acids is 1. The van der Waals surface area contributed by atoms with Crippen LogP contribution in [-0.2, 0) is 33.4 Å². The van der Waals surface area contributed by atoms with E-state index in [0.29, 0.717) is 24.9 Å². The highest BCUT2D eigenvalue weighted by Gasteiger charge is 2.57. The van der Waals surface area contributed by atoms with Gasteiger partial charge in [0.1, 0.15) is 40.9 Å². The van der Waals surface area contributed by atoms with E-state index in [1.54, 1.807) is 30.3 Å². The lowest BCUT2D eigenvalue weighted by atomic mass is 9.77. The third-order valence-electron chi connectivity index (χ3n) is 8.90. The molecule has 3 fully saturated rings. The molecule has 4 aliphatic rings. The van der Waals surface area contributed by atoms with E-state index >= 15 is 0 Å². The number of esters is 1. The van der Waals surface area contributed by atoms with Gasteiger partial charge in [-0.1, -0.05) is 18.2 Å². The maximum Gasteiger partial charge on any atom is 0.459 e. The summed E-state index contributed by atoms with van der Waals surface area (Å²) in [6.45, 7) is 0.864. The average molecular weight is 713 g/mol. The van der Waals surface area contributed by atoms with Crippen molar-refractivity contribution in [2.24, 2.45) is 0 Å². The maximum atomic E-state index is 14.4. The Kier molecular flexibility index (Phi) is 9.27. The molecular weight excluding hydrogens is 671 g/mol. The molecule has 2 aliphatic carbocycles. The van der Waals surface area contributed by atoms with Crippen molar-refractivity contribution < 1.29 is 46.5 Å². The molecule has 0 spiro atoms. The van der Waals surface area contributed by atoms with Crippen molar-refractivity contribution in [2.75, 3.05) is 47.5 Å². The van der Waals surface area contributed by atoms with Gasteiger partial charge in [-0.2, -0.15) is 15.1 Å². The summed E-state index contributed by atoms with van der Waals surface area (Å²) in [6, 6.07) is 8.31. The Bertz CT molecular complexity index is 1680. The molecule has 6 rings (SSSR count).